The monoisotopic (exact) mass is 654 g/mol. The first kappa shape index (κ1) is 30.5. The molecule has 2 aromatic rings. The summed E-state index contributed by atoms with van der Waals surface area (Å²) in [4.78, 5) is 4.70. The Bertz CT molecular complexity index is 1340. The molecule has 9 heteroatoms. The summed E-state index contributed by atoms with van der Waals surface area (Å²) < 4.78 is 23.5. The number of halogens is 1. The van der Waals surface area contributed by atoms with Crippen LogP contribution in [0.2, 0.25) is 0 Å². The lowest BCUT2D eigenvalue weighted by atomic mass is 9.69. The molecule has 2 spiro atoms. The zero-order chi connectivity index (χ0) is 29.2. The van der Waals surface area contributed by atoms with E-state index in [1.807, 2.05) is 24.3 Å². The third-order valence-corrected chi connectivity index (χ3v) is 10.3. The standard InChI is InChI=1S/2C17H21NO3.BrH/c2*1-18-8-7-17-6-5-12(19)9-14(17)21-16-13(20-2)4-3-11(10-18)15(16)17;/h2*3-6,12,14,19H,7-10H2,1-2H3;1H/t2*12-,14-,17-;/m10./s1. The van der Waals surface area contributed by atoms with E-state index >= 15 is 0 Å². The minimum absolute atomic E-state index is 0. The molecule has 43 heavy (non-hydrogen) atoms. The maximum atomic E-state index is 9.97. The van der Waals surface area contributed by atoms with E-state index in [4.69, 9.17) is 18.9 Å². The zero-order valence-corrected chi connectivity index (χ0v) is 27.1. The molecule has 0 unspecified atom stereocenters. The lowest BCUT2D eigenvalue weighted by Crippen LogP contribution is -2.42. The summed E-state index contributed by atoms with van der Waals surface area (Å²) >= 11 is 0. The lowest BCUT2D eigenvalue weighted by molar-refractivity contribution is 0.0819. The molecule has 2 aromatic carbocycles. The van der Waals surface area contributed by atoms with Crippen molar-refractivity contribution in [3.05, 3.63) is 70.8 Å². The number of hydrogen-bond acceptors (Lipinski definition) is 8. The number of nitrogens with zero attached hydrogens (tertiary/aromatic N) is 2. The summed E-state index contributed by atoms with van der Waals surface area (Å²) in [5.74, 6) is 3.37. The first-order chi connectivity index (χ1) is 20.3. The second-order valence-electron chi connectivity index (χ2n) is 12.9. The van der Waals surface area contributed by atoms with Crippen LogP contribution in [0.3, 0.4) is 0 Å². The van der Waals surface area contributed by atoms with Crippen LogP contribution in [0.4, 0.5) is 0 Å². The number of methoxy groups -OCH3 is 2. The summed E-state index contributed by atoms with van der Waals surface area (Å²) in [6.07, 6.45) is 10.8. The zero-order valence-electron chi connectivity index (χ0n) is 25.4. The fraction of sp³-hybridized carbons (Fsp3) is 0.529. The van der Waals surface area contributed by atoms with E-state index in [-0.39, 0.29) is 40.0 Å². The smallest absolute Gasteiger partial charge is 0.166 e. The van der Waals surface area contributed by atoms with Gasteiger partial charge in [-0.1, -0.05) is 36.4 Å². The van der Waals surface area contributed by atoms with Crippen LogP contribution in [0.15, 0.2) is 48.6 Å². The molecule has 4 aliphatic heterocycles. The second-order valence-corrected chi connectivity index (χ2v) is 12.9. The molecule has 0 radical (unpaired) electrons. The van der Waals surface area contributed by atoms with Gasteiger partial charge in [-0.05, 0) is 63.3 Å². The van der Waals surface area contributed by atoms with Crippen molar-refractivity contribution >= 4 is 17.0 Å². The minimum Gasteiger partial charge on any atom is -0.493 e. The predicted octanol–water partition coefficient (Wildman–Crippen LogP) is 4.28. The Morgan fingerprint density at radius 1 is 0.721 bits per heavy atom. The quantitative estimate of drug-likeness (QED) is 0.465. The fourth-order valence-corrected chi connectivity index (χ4v) is 8.15. The number of benzene rings is 2. The molecular weight excluding hydrogens is 612 g/mol. The van der Waals surface area contributed by atoms with E-state index in [1.54, 1.807) is 14.2 Å². The third kappa shape index (κ3) is 4.79. The topological polar surface area (TPSA) is 83.9 Å². The predicted molar refractivity (Wildman–Crippen MR) is 170 cm³/mol. The number of aliphatic hydroxyl groups excluding tert-OH is 2. The Hall–Kier alpha value is -2.56. The lowest BCUT2D eigenvalue weighted by Gasteiger charge is -2.35. The second kappa shape index (κ2) is 11.4. The van der Waals surface area contributed by atoms with E-state index in [0.717, 1.165) is 62.0 Å². The van der Waals surface area contributed by atoms with Crippen LogP contribution in [-0.2, 0) is 23.9 Å². The van der Waals surface area contributed by atoms with E-state index in [0.29, 0.717) is 12.8 Å². The Morgan fingerprint density at radius 3 is 1.53 bits per heavy atom. The maximum absolute atomic E-state index is 9.97. The summed E-state index contributed by atoms with van der Waals surface area (Å²) in [6, 6.07) is 8.31. The average Bonchev–Trinajstić information content (AvgIpc) is 3.38. The molecule has 6 atom stereocenters. The summed E-state index contributed by atoms with van der Waals surface area (Å²) in [5.41, 5.74) is 4.97. The van der Waals surface area contributed by atoms with Crippen LogP contribution < -0.4 is 18.9 Å². The first-order valence-electron chi connectivity index (χ1n) is 15.1. The van der Waals surface area contributed by atoms with Crippen LogP contribution in [-0.4, -0.2) is 85.8 Å². The summed E-state index contributed by atoms with van der Waals surface area (Å²) in [6.45, 7) is 3.91. The van der Waals surface area contributed by atoms with Gasteiger partial charge in [-0.2, -0.15) is 0 Å². The van der Waals surface area contributed by atoms with Gasteiger partial charge in [0.2, 0.25) is 0 Å². The normalized spacial score (nSPS) is 33.1. The SMILES string of the molecule is Br.COc1ccc2c3c1O[C@@H]1C[C@H](O)C=C[C@]31CCN(C)C2.COc1ccc2c3c1O[C@H]1C[C@@H](O)C=C[C@@]31CCN(C)C2. The van der Waals surface area contributed by atoms with E-state index in [1.165, 1.54) is 22.3 Å². The van der Waals surface area contributed by atoms with E-state index in [2.05, 4.69) is 48.2 Å². The number of hydrogen-bond donors (Lipinski definition) is 2. The third-order valence-electron chi connectivity index (χ3n) is 10.3. The molecule has 0 bridgehead atoms. The van der Waals surface area contributed by atoms with Crippen molar-refractivity contribution in [3.63, 3.8) is 0 Å². The molecule has 232 valence electrons. The van der Waals surface area contributed by atoms with Gasteiger partial charge in [0.05, 0.1) is 37.3 Å². The molecule has 8 rings (SSSR count). The van der Waals surface area contributed by atoms with Gasteiger partial charge in [0.15, 0.2) is 23.0 Å². The van der Waals surface area contributed by atoms with Gasteiger partial charge in [-0.25, -0.2) is 0 Å². The first-order valence-corrected chi connectivity index (χ1v) is 15.1. The van der Waals surface area contributed by atoms with Crippen LogP contribution in [0.1, 0.15) is 47.9 Å². The molecule has 2 aliphatic carbocycles. The highest BCUT2D eigenvalue weighted by Gasteiger charge is 2.54. The summed E-state index contributed by atoms with van der Waals surface area (Å²) in [5, 5.41) is 19.9. The van der Waals surface area contributed by atoms with Crippen molar-refractivity contribution in [1.82, 2.24) is 9.80 Å². The highest BCUT2D eigenvalue weighted by atomic mass is 79.9. The largest absolute Gasteiger partial charge is 0.493 e. The molecule has 0 aromatic heterocycles. The molecular formula is C34H43BrN2O6. The highest BCUT2D eigenvalue weighted by molar-refractivity contribution is 8.93. The number of aliphatic hydroxyl groups is 2. The van der Waals surface area contributed by atoms with E-state index in [9.17, 15) is 10.2 Å². The van der Waals surface area contributed by atoms with Crippen LogP contribution in [0, 0.1) is 0 Å². The molecule has 0 fully saturated rings. The molecule has 6 aliphatic rings. The van der Waals surface area contributed by atoms with Crippen LogP contribution in [0.5, 0.6) is 23.0 Å². The van der Waals surface area contributed by atoms with Crippen LogP contribution >= 0.6 is 17.0 Å². The van der Waals surface area contributed by atoms with Gasteiger partial charge in [0, 0.05) is 37.1 Å². The molecule has 8 nitrogen and oxygen atoms in total. The fourth-order valence-electron chi connectivity index (χ4n) is 8.15. The minimum atomic E-state index is -0.412. The van der Waals surface area contributed by atoms with Gasteiger partial charge in [0.25, 0.3) is 0 Å². The van der Waals surface area contributed by atoms with Gasteiger partial charge in [0.1, 0.15) is 12.2 Å². The Morgan fingerprint density at radius 2 is 1.14 bits per heavy atom. The number of ether oxygens (including phenoxy) is 4. The van der Waals surface area contributed by atoms with Gasteiger partial charge in [-0.15, -0.1) is 17.0 Å². The number of rotatable bonds is 2. The van der Waals surface area contributed by atoms with Gasteiger partial charge >= 0.3 is 0 Å². The van der Waals surface area contributed by atoms with E-state index < -0.39 is 12.2 Å². The van der Waals surface area contributed by atoms with Crippen molar-refractivity contribution in [3.8, 4) is 23.0 Å². The maximum Gasteiger partial charge on any atom is 0.166 e. The van der Waals surface area contributed by atoms with Gasteiger partial charge in [-0.3, -0.25) is 0 Å². The molecule has 0 saturated heterocycles. The van der Waals surface area contributed by atoms with Gasteiger partial charge < -0.3 is 39.0 Å². The van der Waals surface area contributed by atoms with Crippen molar-refractivity contribution in [2.24, 2.45) is 0 Å². The molecule has 0 amide bonds. The average molecular weight is 656 g/mol. The highest BCUT2D eigenvalue weighted by Crippen LogP contribution is 2.57. The molecule has 2 N–H and O–H groups in total. The Kier molecular flexibility index (Phi) is 8.09. The molecule has 0 saturated carbocycles. The molecule has 4 heterocycles. The Balaban J connectivity index is 0.000000150. The Labute approximate surface area is 264 Å². The van der Waals surface area contributed by atoms with Crippen molar-refractivity contribution in [2.45, 2.75) is 74.0 Å². The van der Waals surface area contributed by atoms with Crippen molar-refractivity contribution in [1.29, 1.82) is 0 Å². The van der Waals surface area contributed by atoms with Crippen LogP contribution in [0.25, 0.3) is 0 Å². The summed E-state index contributed by atoms with van der Waals surface area (Å²) in [7, 11) is 7.69. The van der Waals surface area contributed by atoms with Crippen molar-refractivity contribution in [2.75, 3.05) is 41.4 Å². The van der Waals surface area contributed by atoms with Crippen molar-refractivity contribution < 1.29 is 29.2 Å².